The average molecular weight is 147 g/mol. The van der Waals surface area contributed by atoms with Crippen LogP contribution >= 0.6 is 0 Å². The normalized spacial score (nSPS) is 10.8. The van der Waals surface area contributed by atoms with E-state index in [2.05, 4.69) is 24.0 Å². The van der Waals surface area contributed by atoms with Crippen LogP contribution in [0.25, 0.3) is 6.08 Å². The zero-order valence-corrected chi connectivity index (χ0v) is 7.26. The minimum Gasteiger partial charge on any atom is -0.254 e. The van der Waals surface area contributed by atoms with Crippen LogP contribution in [-0.2, 0) is 0 Å². The molecule has 1 aromatic heterocycles. The van der Waals surface area contributed by atoms with Gasteiger partial charge in [-0.05, 0) is 44.5 Å². The summed E-state index contributed by atoms with van der Waals surface area (Å²) in [4.78, 5) is 4.34. The molecule has 0 fully saturated rings. The molecule has 0 aliphatic carbocycles. The molecule has 0 aliphatic heterocycles. The molecule has 1 heteroatoms. The molecule has 1 aromatic rings. The lowest BCUT2D eigenvalue weighted by atomic mass is 10.2. The van der Waals surface area contributed by atoms with Gasteiger partial charge in [0.2, 0.25) is 0 Å². The summed E-state index contributed by atoms with van der Waals surface area (Å²) in [5, 5.41) is 0. The van der Waals surface area contributed by atoms with Gasteiger partial charge in [0.05, 0.1) is 5.69 Å². The zero-order valence-electron chi connectivity index (χ0n) is 7.26. The molecular formula is C10H13N. The lowest BCUT2D eigenvalue weighted by Gasteiger charge is -1.97. The fraction of sp³-hybridized carbons (Fsp3) is 0.300. The van der Waals surface area contributed by atoms with Gasteiger partial charge in [0.15, 0.2) is 0 Å². The van der Waals surface area contributed by atoms with Crippen molar-refractivity contribution in [3.63, 3.8) is 0 Å². The summed E-state index contributed by atoms with van der Waals surface area (Å²) in [6, 6.07) is 4.15. The Bertz CT molecular complexity index is 254. The van der Waals surface area contributed by atoms with Crippen molar-refractivity contribution < 1.29 is 0 Å². The van der Waals surface area contributed by atoms with E-state index in [9.17, 15) is 0 Å². The Balaban J connectivity index is 3.08. The molecule has 0 radical (unpaired) electrons. The zero-order chi connectivity index (χ0) is 8.27. The van der Waals surface area contributed by atoms with Gasteiger partial charge in [-0.1, -0.05) is 6.08 Å². The molecule has 58 valence electrons. The second-order valence-corrected chi connectivity index (χ2v) is 2.71. The molecule has 0 unspecified atom stereocenters. The van der Waals surface area contributed by atoms with E-state index in [0.29, 0.717) is 0 Å². The van der Waals surface area contributed by atoms with E-state index in [1.165, 1.54) is 5.56 Å². The Labute approximate surface area is 67.8 Å². The minimum atomic E-state index is 1.05. The Morgan fingerprint density at radius 2 is 2.00 bits per heavy atom. The summed E-state index contributed by atoms with van der Waals surface area (Å²) >= 11 is 0. The molecule has 1 heterocycles. The third-order valence-corrected chi connectivity index (χ3v) is 1.45. The first kappa shape index (κ1) is 7.99. The molecule has 0 atom stereocenters. The van der Waals surface area contributed by atoms with Crippen molar-refractivity contribution in [3.8, 4) is 0 Å². The lowest BCUT2D eigenvalue weighted by Crippen LogP contribution is -1.86. The summed E-state index contributed by atoms with van der Waals surface area (Å²) in [7, 11) is 0. The average Bonchev–Trinajstić information content (AvgIpc) is 1.85. The number of nitrogens with zero attached hydrogens (tertiary/aromatic N) is 1. The molecule has 0 aromatic carbocycles. The van der Waals surface area contributed by atoms with Gasteiger partial charge in [0.1, 0.15) is 0 Å². The van der Waals surface area contributed by atoms with Crippen LogP contribution in [0.2, 0.25) is 0 Å². The van der Waals surface area contributed by atoms with E-state index in [0.717, 1.165) is 11.4 Å². The Hall–Kier alpha value is -1.11. The van der Waals surface area contributed by atoms with Crippen LogP contribution in [-0.4, -0.2) is 4.98 Å². The number of allylic oxidation sites excluding steroid dienone is 1. The van der Waals surface area contributed by atoms with Crippen molar-refractivity contribution >= 4 is 6.08 Å². The Morgan fingerprint density at radius 3 is 2.55 bits per heavy atom. The fourth-order valence-electron chi connectivity index (χ4n) is 1.13. The number of rotatable bonds is 1. The topological polar surface area (TPSA) is 12.9 Å². The molecule has 0 saturated heterocycles. The van der Waals surface area contributed by atoms with Gasteiger partial charge in [0.25, 0.3) is 0 Å². The first-order chi connectivity index (χ1) is 5.22. The maximum atomic E-state index is 4.34. The number of pyridine rings is 1. The van der Waals surface area contributed by atoms with Gasteiger partial charge in [-0.2, -0.15) is 0 Å². The molecule has 0 aliphatic rings. The summed E-state index contributed by atoms with van der Waals surface area (Å²) in [6.45, 7) is 6.10. The molecule has 0 saturated carbocycles. The van der Waals surface area contributed by atoms with Crippen molar-refractivity contribution in [1.29, 1.82) is 0 Å². The molecule has 1 nitrogen and oxygen atoms in total. The van der Waals surface area contributed by atoms with Crippen molar-refractivity contribution in [1.82, 2.24) is 4.98 Å². The summed E-state index contributed by atoms with van der Waals surface area (Å²) in [6.07, 6.45) is 4.02. The number of aromatic nitrogens is 1. The number of hydrogen-bond donors (Lipinski definition) is 0. The maximum Gasteiger partial charge on any atom is 0.0632 e. The van der Waals surface area contributed by atoms with Gasteiger partial charge in [-0.3, -0.25) is 4.98 Å². The van der Waals surface area contributed by atoms with Crippen LogP contribution in [0.1, 0.15) is 23.9 Å². The van der Waals surface area contributed by atoms with E-state index >= 15 is 0 Å². The van der Waals surface area contributed by atoms with Gasteiger partial charge >= 0.3 is 0 Å². The Kier molecular flexibility index (Phi) is 2.42. The summed E-state index contributed by atoms with van der Waals surface area (Å²) in [5.74, 6) is 0. The molecular weight excluding hydrogens is 134 g/mol. The van der Waals surface area contributed by atoms with Crippen LogP contribution < -0.4 is 0 Å². The quantitative estimate of drug-likeness (QED) is 0.595. The summed E-state index contributed by atoms with van der Waals surface area (Å²) in [5.41, 5.74) is 3.40. The van der Waals surface area contributed by atoms with Crippen LogP contribution in [0.15, 0.2) is 18.2 Å². The van der Waals surface area contributed by atoms with E-state index in [1.807, 2.05) is 26.0 Å². The number of aryl methyl sites for hydroxylation is 2. The van der Waals surface area contributed by atoms with Gasteiger partial charge in [0, 0.05) is 5.69 Å². The lowest BCUT2D eigenvalue weighted by molar-refractivity contribution is 1.16. The molecule has 1 rings (SSSR count). The first-order valence-corrected chi connectivity index (χ1v) is 3.80. The first-order valence-electron chi connectivity index (χ1n) is 3.80. The van der Waals surface area contributed by atoms with Gasteiger partial charge in [-0.25, -0.2) is 0 Å². The second-order valence-electron chi connectivity index (χ2n) is 2.71. The molecule has 11 heavy (non-hydrogen) atoms. The van der Waals surface area contributed by atoms with Crippen molar-refractivity contribution in [2.24, 2.45) is 0 Å². The van der Waals surface area contributed by atoms with E-state index in [4.69, 9.17) is 0 Å². The maximum absolute atomic E-state index is 4.34. The number of hydrogen-bond acceptors (Lipinski definition) is 1. The summed E-state index contributed by atoms with van der Waals surface area (Å²) < 4.78 is 0. The van der Waals surface area contributed by atoms with Crippen LogP contribution in [0.5, 0.6) is 0 Å². The Morgan fingerprint density at radius 1 is 1.27 bits per heavy atom. The highest BCUT2D eigenvalue weighted by atomic mass is 14.7. The SMILES string of the molecule is CC=Cc1cc(C)cc(C)n1. The van der Waals surface area contributed by atoms with Crippen molar-refractivity contribution in [2.75, 3.05) is 0 Å². The predicted molar refractivity (Wildman–Crippen MR) is 48.4 cm³/mol. The fourth-order valence-corrected chi connectivity index (χ4v) is 1.13. The smallest absolute Gasteiger partial charge is 0.0632 e. The third kappa shape index (κ3) is 2.19. The van der Waals surface area contributed by atoms with E-state index in [1.54, 1.807) is 0 Å². The van der Waals surface area contributed by atoms with Gasteiger partial charge in [-0.15, -0.1) is 0 Å². The largest absolute Gasteiger partial charge is 0.254 e. The second kappa shape index (κ2) is 3.33. The van der Waals surface area contributed by atoms with Crippen LogP contribution in [0.4, 0.5) is 0 Å². The van der Waals surface area contributed by atoms with Crippen molar-refractivity contribution in [3.05, 3.63) is 35.2 Å². The van der Waals surface area contributed by atoms with Gasteiger partial charge < -0.3 is 0 Å². The molecule has 0 spiro atoms. The predicted octanol–water partition coefficient (Wildman–Crippen LogP) is 2.73. The van der Waals surface area contributed by atoms with Crippen LogP contribution in [0, 0.1) is 13.8 Å². The highest BCUT2D eigenvalue weighted by Gasteiger charge is 1.91. The molecule has 0 bridgehead atoms. The van der Waals surface area contributed by atoms with E-state index < -0.39 is 0 Å². The highest BCUT2D eigenvalue weighted by Crippen LogP contribution is 2.05. The van der Waals surface area contributed by atoms with Crippen LogP contribution in [0.3, 0.4) is 0 Å². The molecule has 0 amide bonds. The molecule has 0 N–H and O–H groups in total. The third-order valence-electron chi connectivity index (χ3n) is 1.45. The standard InChI is InChI=1S/C10H13N/c1-4-5-10-7-8(2)6-9(3)11-10/h4-7H,1-3H3. The highest BCUT2D eigenvalue weighted by molar-refractivity contribution is 5.45. The van der Waals surface area contributed by atoms with E-state index in [-0.39, 0.29) is 0 Å². The monoisotopic (exact) mass is 147 g/mol. The van der Waals surface area contributed by atoms with Crippen molar-refractivity contribution in [2.45, 2.75) is 20.8 Å². The minimum absolute atomic E-state index is 1.05.